The first-order chi connectivity index (χ1) is 13.9. The number of pyridine rings is 1. The highest BCUT2D eigenvalue weighted by molar-refractivity contribution is 6.12. The summed E-state index contributed by atoms with van der Waals surface area (Å²) in [6.07, 6.45) is 0. The second-order valence-electron chi connectivity index (χ2n) is 7.75. The maximum atomic E-state index is 13.2. The lowest BCUT2D eigenvalue weighted by Gasteiger charge is -2.29. The molecule has 7 nitrogen and oxygen atoms in total. The van der Waals surface area contributed by atoms with E-state index in [-0.39, 0.29) is 11.8 Å². The van der Waals surface area contributed by atoms with E-state index >= 15 is 0 Å². The van der Waals surface area contributed by atoms with Crippen molar-refractivity contribution in [1.82, 2.24) is 10.1 Å². The predicted octanol–water partition coefficient (Wildman–Crippen LogP) is 4.05. The molecule has 0 atom stereocenters. The van der Waals surface area contributed by atoms with E-state index in [0.29, 0.717) is 22.4 Å². The fraction of sp³-hybridized carbons (Fsp3) is 0.409. The summed E-state index contributed by atoms with van der Waals surface area (Å²) in [6.45, 7) is 11.1. The number of ether oxygens (including phenoxy) is 1. The minimum atomic E-state index is -0.187. The number of aromatic nitrogens is 2. The van der Waals surface area contributed by atoms with Crippen LogP contribution in [0.3, 0.4) is 0 Å². The van der Waals surface area contributed by atoms with Crippen LogP contribution in [-0.2, 0) is 4.74 Å². The van der Waals surface area contributed by atoms with E-state index in [0.717, 1.165) is 48.9 Å². The molecule has 0 spiro atoms. The molecule has 0 aliphatic carbocycles. The Morgan fingerprint density at radius 1 is 1.17 bits per heavy atom. The third-order valence-corrected chi connectivity index (χ3v) is 5.31. The van der Waals surface area contributed by atoms with E-state index < -0.39 is 0 Å². The molecular formula is C22H26N4O3. The number of rotatable bonds is 4. The second kappa shape index (κ2) is 7.83. The Kier molecular flexibility index (Phi) is 5.24. The standard InChI is InChI=1S/C22H26N4O3/c1-13(2)19-12-17(20-15(4)25-29-22(20)24-19)21(27)23-18-6-5-16(11-14(18)3)26-7-9-28-10-8-26/h5-6,11-13H,7-10H2,1-4H3,(H,23,27). The molecule has 1 aliphatic rings. The van der Waals surface area contributed by atoms with Crippen molar-refractivity contribution in [2.75, 3.05) is 36.5 Å². The number of hydrogen-bond donors (Lipinski definition) is 1. The lowest BCUT2D eigenvalue weighted by Crippen LogP contribution is -2.36. The van der Waals surface area contributed by atoms with Crippen LogP contribution in [0.1, 0.15) is 47.1 Å². The summed E-state index contributed by atoms with van der Waals surface area (Å²) in [5, 5.41) is 7.71. The molecule has 29 heavy (non-hydrogen) atoms. The highest BCUT2D eigenvalue weighted by Gasteiger charge is 2.20. The third kappa shape index (κ3) is 3.82. The molecule has 1 amide bonds. The van der Waals surface area contributed by atoms with Crippen LogP contribution in [0.15, 0.2) is 28.8 Å². The summed E-state index contributed by atoms with van der Waals surface area (Å²) in [6, 6.07) is 7.94. The van der Waals surface area contributed by atoms with Crippen LogP contribution in [-0.4, -0.2) is 42.4 Å². The molecule has 0 saturated carbocycles. The molecule has 0 radical (unpaired) electrons. The van der Waals surface area contributed by atoms with E-state index in [1.807, 2.05) is 45.9 Å². The molecular weight excluding hydrogens is 368 g/mol. The van der Waals surface area contributed by atoms with Gasteiger partial charge in [0.1, 0.15) is 0 Å². The van der Waals surface area contributed by atoms with Crippen LogP contribution in [0.5, 0.6) is 0 Å². The number of morpholine rings is 1. The van der Waals surface area contributed by atoms with Crippen molar-refractivity contribution in [3.05, 3.63) is 46.8 Å². The highest BCUT2D eigenvalue weighted by Crippen LogP contribution is 2.28. The van der Waals surface area contributed by atoms with Gasteiger partial charge in [0, 0.05) is 30.2 Å². The fourth-order valence-corrected chi connectivity index (χ4v) is 3.58. The third-order valence-electron chi connectivity index (χ3n) is 5.31. The molecule has 1 saturated heterocycles. The summed E-state index contributed by atoms with van der Waals surface area (Å²) in [5.74, 6) is -0.0151. The van der Waals surface area contributed by atoms with Gasteiger partial charge in [0.15, 0.2) is 0 Å². The Hall–Kier alpha value is -2.93. The molecule has 4 rings (SSSR count). The normalized spacial score (nSPS) is 14.6. The van der Waals surface area contributed by atoms with Gasteiger partial charge in [-0.1, -0.05) is 19.0 Å². The van der Waals surface area contributed by atoms with Gasteiger partial charge >= 0.3 is 0 Å². The van der Waals surface area contributed by atoms with Crippen molar-refractivity contribution in [1.29, 1.82) is 0 Å². The van der Waals surface area contributed by atoms with Crippen LogP contribution in [0.25, 0.3) is 11.1 Å². The van der Waals surface area contributed by atoms with Crippen molar-refractivity contribution in [2.45, 2.75) is 33.6 Å². The van der Waals surface area contributed by atoms with Gasteiger partial charge < -0.3 is 19.5 Å². The summed E-state index contributed by atoms with van der Waals surface area (Å²) >= 11 is 0. The number of carbonyl (C=O) groups is 1. The Bertz CT molecular complexity index is 1050. The molecule has 1 aromatic carbocycles. The summed E-state index contributed by atoms with van der Waals surface area (Å²) in [4.78, 5) is 20.0. The van der Waals surface area contributed by atoms with Crippen LogP contribution in [0.4, 0.5) is 11.4 Å². The quantitative estimate of drug-likeness (QED) is 0.719. The number of anilines is 2. The van der Waals surface area contributed by atoms with Gasteiger partial charge in [0.25, 0.3) is 11.6 Å². The largest absolute Gasteiger partial charge is 0.378 e. The molecule has 1 aliphatic heterocycles. The Labute approximate surface area is 170 Å². The summed E-state index contributed by atoms with van der Waals surface area (Å²) < 4.78 is 10.8. The topological polar surface area (TPSA) is 80.5 Å². The fourth-order valence-electron chi connectivity index (χ4n) is 3.58. The molecule has 7 heteroatoms. The lowest BCUT2D eigenvalue weighted by molar-refractivity contribution is 0.102. The van der Waals surface area contributed by atoms with Crippen molar-refractivity contribution in [3.63, 3.8) is 0 Å². The first-order valence-corrected chi connectivity index (χ1v) is 9.95. The molecule has 0 bridgehead atoms. The maximum Gasteiger partial charge on any atom is 0.259 e. The van der Waals surface area contributed by atoms with Crippen LogP contribution in [0.2, 0.25) is 0 Å². The first-order valence-electron chi connectivity index (χ1n) is 9.95. The SMILES string of the molecule is Cc1cc(N2CCOCC2)ccc1NC(=O)c1cc(C(C)C)nc2onc(C)c12. The molecule has 3 heterocycles. The zero-order valence-corrected chi connectivity index (χ0v) is 17.3. The molecule has 3 aromatic rings. The van der Waals surface area contributed by atoms with E-state index in [1.54, 1.807) is 0 Å². The zero-order valence-electron chi connectivity index (χ0n) is 17.3. The number of amides is 1. The average Bonchev–Trinajstić information content (AvgIpc) is 3.10. The van der Waals surface area contributed by atoms with E-state index in [1.165, 1.54) is 0 Å². The smallest absolute Gasteiger partial charge is 0.259 e. The predicted molar refractivity (Wildman–Crippen MR) is 113 cm³/mol. The average molecular weight is 394 g/mol. The number of carbonyl (C=O) groups excluding carboxylic acids is 1. The van der Waals surface area contributed by atoms with Gasteiger partial charge in [-0.15, -0.1) is 0 Å². The highest BCUT2D eigenvalue weighted by atomic mass is 16.5. The van der Waals surface area contributed by atoms with Gasteiger partial charge in [-0.2, -0.15) is 0 Å². The minimum Gasteiger partial charge on any atom is -0.378 e. The van der Waals surface area contributed by atoms with E-state index in [2.05, 4.69) is 26.4 Å². The molecule has 152 valence electrons. The summed E-state index contributed by atoms with van der Waals surface area (Å²) in [5.41, 5.74) is 5.35. The number of fused-ring (bicyclic) bond motifs is 1. The Morgan fingerprint density at radius 2 is 1.93 bits per heavy atom. The first kappa shape index (κ1) is 19.4. The van der Waals surface area contributed by atoms with Crippen molar-refractivity contribution in [2.24, 2.45) is 0 Å². The van der Waals surface area contributed by atoms with Crippen molar-refractivity contribution >= 4 is 28.4 Å². The summed E-state index contributed by atoms with van der Waals surface area (Å²) in [7, 11) is 0. The van der Waals surface area contributed by atoms with Gasteiger partial charge in [-0.05, 0) is 49.6 Å². The molecule has 0 unspecified atom stereocenters. The zero-order chi connectivity index (χ0) is 20.5. The molecule has 2 aromatic heterocycles. The Balaban J connectivity index is 1.63. The van der Waals surface area contributed by atoms with Crippen LogP contribution in [0, 0.1) is 13.8 Å². The Morgan fingerprint density at radius 3 is 2.62 bits per heavy atom. The van der Waals surface area contributed by atoms with E-state index in [4.69, 9.17) is 9.26 Å². The number of benzene rings is 1. The van der Waals surface area contributed by atoms with Crippen LogP contribution >= 0.6 is 0 Å². The minimum absolute atomic E-state index is 0.172. The number of nitrogens with one attached hydrogen (secondary N) is 1. The monoisotopic (exact) mass is 394 g/mol. The van der Waals surface area contributed by atoms with Crippen molar-refractivity contribution in [3.8, 4) is 0 Å². The van der Waals surface area contributed by atoms with Gasteiger partial charge in [0.2, 0.25) is 0 Å². The van der Waals surface area contributed by atoms with Gasteiger partial charge in [0.05, 0.1) is 29.9 Å². The van der Waals surface area contributed by atoms with E-state index in [9.17, 15) is 4.79 Å². The second-order valence-corrected chi connectivity index (χ2v) is 7.75. The number of aryl methyl sites for hydroxylation is 2. The maximum absolute atomic E-state index is 13.2. The van der Waals surface area contributed by atoms with Crippen molar-refractivity contribution < 1.29 is 14.1 Å². The lowest BCUT2D eigenvalue weighted by atomic mass is 10.0. The van der Waals surface area contributed by atoms with Crippen LogP contribution < -0.4 is 10.2 Å². The van der Waals surface area contributed by atoms with Gasteiger partial charge in [-0.3, -0.25) is 4.79 Å². The number of nitrogens with zero attached hydrogens (tertiary/aromatic N) is 3. The molecule has 1 fully saturated rings. The number of hydrogen-bond acceptors (Lipinski definition) is 6. The molecule has 1 N–H and O–H groups in total. The van der Waals surface area contributed by atoms with Gasteiger partial charge in [-0.25, -0.2) is 4.98 Å².